The molecule has 1 aliphatic carbocycles. The fourth-order valence-electron chi connectivity index (χ4n) is 3.93. The predicted octanol–water partition coefficient (Wildman–Crippen LogP) is 7.63. The number of carbonyl (C=O) groups excluding carboxylic acids is 1. The molecule has 0 N–H and O–H groups in total. The number of halogens is 1. The first-order valence-electron chi connectivity index (χ1n) is 9.54. The zero-order chi connectivity index (χ0) is 21.4. The van der Waals surface area contributed by atoms with Crippen LogP contribution in [0.5, 0.6) is 0 Å². The SMILES string of the molecule is CC1C(C)C(C)C(C)C1C.COC(=O)[N-]c1ccc(C)c2cccnc12.[CH3-].[Cl][Ir+2]. The zero-order valence-electron chi connectivity index (χ0n) is 18.7. The van der Waals surface area contributed by atoms with Gasteiger partial charge in [0, 0.05) is 11.6 Å². The molecule has 1 fully saturated rings. The maximum absolute atomic E-state index is 11.1. The summed E-state index contributed by atoms with van der Waals surface area (Å²) in [6.45, 7) is 14.0. The average molecular weight is 598 g/mol. The van der Waals surface area contributed by atoms with Crippen molar-refractivity contribution in [1.82, 2.24) is 4.98 Å². The van der Waals surface area contributed by atoms with Crippen molar-refractivity contribution in [3.8, 4) is 0 Å². The quantitative estimate of drug-likeness (QED) is 0.318. The summed E-state index contributed by atoms with van der Waals surface area (Å²) in [6, 6.07) is 7.48. The summed E-state index contributed by atoms with van der Waals surface area (Å²) in [4.78, 5) is 15.3. The van der Waals surface area contributed by atoms with Crippen LogP contribution in [0.15, 0.2) is 30.5 Å². The van der Waals surface area contributed by atoms with E-state index in [0.717, 1.165) is 40.5 Å². The summed E-state index contributed by atoms with van der Waals surface area (Å²) < 4.78 is 4.50. The van der Waals surface area contributed by atoms with Crippen molar-refractivity contribution in [3.05, 3.63) is 48.8 Å². The monoisotopic (exact) mass is 598 g/mol. The van der Waals surface area contributed by atoms with Gasteiger partial charge in [-0.05, 0) is 48.1 Å². The zero-order valence-corrected chi connectivity index (χ0v) is 21.8. The van der Waals surface area contributed by atoms with Gasteiger partial charge < -0.3 is 17.5 Å². The molecule has 0 spiro atoms. The van der Waals surface area contributed by atoms with E-state index in [1.54, 1.807) is 12.3 Å². The minimum atomic E-state index is -0.615. The van der Waals surface area contributed by atoms with Crippen molar-refractivity contribution < 1.29 is 27.4 Å². The van der Waals surface area contributed by atoms with E-state index in [2.05, 4.69) is 59.2 Å². The number of methoxy groups -OCH3 is 1. The van der Waals surface area contributed by atoms with Crippen molar-refractivity contribution in [1.29, 1.82) is 0 Å². The van der Waals surface area contributed by atoms with Gasteiger partial charge in [-0.3, -0.25) is 9.78 Å². The third-order valence-corrected chi connectivity index (χ3v) is 6.50. The summed E-state index contributed by atoms with van der Waals surface area (Å²) in [6.07, 6.45) is 1.06. The van der Waals surface area contributed by atoms with Crippen LogP contribution >= 0.6 is 9.58 Å². The molecule has 0 aliphatic heterocycles. The molecule has 1 aromatic carbocycles. The standard InChI is InChI=1S/C12H12N2O2.C10H20.CH3.ClH.Ir/c1-8-5-6-10(14-12(15)16-2)11-9(8)4-3-7-13-11;1-6-7(2)9(4)10(5)8(6)3;;;/h3-7H,1-2H3,(H,14,15);6-10H,1-5H3;1H3;1H;/q;;-1;;+3/p-2. The number of rotatable bonds is 1. The van der Waals surface area contributed by atoms with Crippen LogP contribution in [0.3, 0.4) is 0 Å². The third kappa shape index (κ3) is 6.94. The van der Waals surface area contributed by atoms with Gasteiger partial charge in [-0.15, -0.1) is 5.69 Å². The van der Waals surface area contributed by atoms with Crippen molar-refractivity contribution >= 4 is 32.3 Å². The minimum absolute atomic E-state index is 0. The van der Waals surface area contributed by atoms with Crippen molar-refractivity contribution in [3.63, 3.8) is 0 Å². The fraction of sp³-hybridized carbons (Fsp3) is 0.522. The first kappa shape index (κ1) is 27.8. The Kier molecular flexibility index (Phi) is 12.7. The molecule has 0 saturated heterocycles. The van der Waals surface area contributed by atoms with Crippen LogP contribution in [0.1, 0.15) is 40.2 Å². The van der Waals surface area contributed by atoms with Gasteiger partial charge in [0.15, 0.2) is 0 Å². The molecule has 1 aliphatic rings. The number of benzene rings is 1. The van der Waals surface area contributed by atoms with Crippen LogP contribution in [0.4, 0.5) is 10.5 Å². The molecule has 0 atom stereocenters. The molecular weight excluding hydrogens is 564 g/mol. The van der Waals surface area contributed by atoms with Gasteiger partial charge in [-0.2, -0.15) is 0 Å². The van der Waals surface area contributed by atoms with E-state index in [1.807, 2.05) is 25.1 Å². The molecule has 1 aromatic heterocycles. The van der Waals surface area contributed by atoms with Crippen LogP contribution in [-0.2, 0) is 22.6 Å². The molecule has 29 heavy (non-hydrogen) atoms. The Morgan fingerprint density at radius 1 is 1.00 bits per heavy atom. The third-order valence-electron chi connectivity index (χ3n) is 6.50. The first-order chi connectivity index (χ1) is 13.3. The Hall–Kier alpha value is -1.16. The van der Waals surface area contributed by atoms with E-state index in [4.69, 9.17) is 0 Å². The van der Waals surface area contributed by atoms with Gasteiger partial charge in [0.1, 0.15) is 0 Å². The predicted molar refractivity (Wildman–Crippen MR) is 120 cm³/mol. The Labute approximate surface area is 191 Å². The van der Waals surface area contributed by atoms with Gasteiger partial charge in [-0.1, -0.05) is 52.8 Å². The number of aromatic nitrogens is 1. The molecule has 0 radical (unpaired) electrons. The molecule has 1 heterocycles. The van der Waals surface area contributed by atoms with E-state index in [1.165, 1.54) is 25.0 Å². The first-order valence-corrected chi connectivity index (χ1v) is 12.5. The molecule has 4 nitrogen and oxygen atoms in total. The number of hydrogen-bond acceptors (Lipinski definition) is 3. The fourth-order valence-corrected chi connectivity index (χ4v) is 3.93. The summed E-state index contributed by atoms with van der Waals surface area (Å²) in [5.74, 6) is 4.68. The number of amides is 1. The van der Waals surface area contributed by atoms with Crippen molar-refractivity contribution in [2.45, 2.75) is 41.5 Å². The van der Waals surface area contributed by atoms with E-state index >= 15 is 0 Å². The van der Waals surface area contributed by atoms with E-state index in [0.29, 0.717) is 11.2 Å². The van der Waals surface area contributed by atoms with Crippen LogP contribution < -0.4 is 0 Å². The van der Waals surface area contributed by atoms with Gasteiger partial charge in [0.2, 0.25) is 6.09 Å². The molecule has 6 heteroatoms. The molecule has 164 valence electrons. The Balaban J connectivity index is 0.000000524. The summed E-state index contributed by atoms with van der Waals surface area (Å²) in [5.41, 5.74) is 2.35. The van der Waals surface area contributed by atoms with Gasteiger partial charge in [0.05, 0.1) is 12.6 Å². The second-order valence-electron chi connectivity index (χ2n) is 7.68. The molecular formula is C23H34ClIrN2O2. The summed E-state index contributed by atoms with van der Waals surface area (Å²) in [7, 11) is 5.94. The topological polar surface area (TPSA) is 53.3 Å². The van der Waals surface area contributed by atoms with E-state index < -0.39 is 6.09 Å². The van der Waals surface area contributed by atoms with Crippen LogP contribution in [0.2, 0.25) is 0 Å². The molecule has 1 saturated carbocycles. The molecule has 0 bridgehead atoms. The number of fused-ring (bicyclic) bond motifs is 1. The number of hydrogen-bond donors (Lipinski definition) is 0. The van der Waals surface area contributed by atoms with Crippen molar-refractivity contribution in [2.24, 2.45) is 29.6 Å². The Bertz CT molecular complexity index is 727. The summed E-state index contributed by atoms with van der Waals surface area (Å²) >= 11 is 1.47. The number of carbonyl (C=O) groups is 1. The van der Waals surface area contributed by atoms with E-state index in [9.17, 15) is 4.79 Å². The van der Waals surface area contributed by atoms with Crippen LogP contribution in [0.25, 0.3) is 16.2 Å². The van der Waals surface area contributed by atoms with Gasteiger partial charge in [-0.25, -0.2) is 0 Å². The van der Waals surface area contributed by atoms with Crippen LogP contribution in [0, 0.1) is 43.9 Å². The molecule has 0 unspecified atom stereocenters. The molecule has 3 rings (SSSR count). The summed E-state index contributed by atoms with van der Waals surface area (Å²) in [5, 5.41) is 4.82. The normalized spacial score (nSPS) is 24.9. The number of ether oxygens (including phenoxy) is 1. The second kappa shape index (κ2) is 13.2. The van der Waals surface area contributed by atoms with E-state index in [-0.39, 0.29) is 7.43 Å². The average Bonchev–Trinajstić information content (AvgIpc) is 2.90. The maximum atomic E-state index is 11.1. The number of pyridine rings is 1. The Morgan fingerprint density at radius 3 is 1.93 bits per heavy atom. The van der Waals surface area contributed by atoms with Gasteiger partial charge in [0.25, 0.3) is 0 Å². The van der Waals surface area contributed by atoms with Gasteiger partial charge >= 0.3 is 27.5 Å². The Morgan fingerprint density at radius 2 is 1.48 bits per heavy atom. The number of nitrogens with zero attached hydrogens (tertiary/aromatic N) is 2. The second-order valence-corrected chi connectivity index (χ2v) is 7.68. The van der Waals surface area contributed by atoms with Crippen LogP contribution in [-0.4, -0.2) is 18.2 Å². The number of aryl methyl sites for hydroxylation is 1. The molecule has 1 amide bonds. The molecule has 2 aromatic rings. The van der Waals surface area contributed by atoms with Crippen molar-refractivity contribution in [2.75, 3.05) is 7.11 Å².